The van der Waals surface area contributed by atoms with Gasteiger partial charge in [-0.1, -0.05) is 13.7 Å². The normalized spacial score (nSPS) is 42.5. The molecule has 1 heterocycles. The maximum Gasteiger partial charge on any atom is 0.312 e. The van der Waals surface area contributed by atoms with Crippen molar-refractivity contribution in [2.45, 2.75) is 45.1 Å². The van der Waals surface area contributed by atoms with Crippen LogP contribution in [0.5, 0.6) is 0 Å². The van der Waals surface area contributed by atoms with Crippen molar-refractivity contribution in [3.63, 3.8) is 0 Å². The second-order valence-electron chi connectivity index (χ2n) is 4.20. The Morgan fingerprint density at radius 2 is 2.27 bits per heavy atom. The summed E-state index contributed by atoms with van der Waals surface area (Å²) in [6.07, 6.45) is -1.42. The Balaban J connectivity index is 2.69. The summed E-state index contributed by atoms with van der Waals surface area (Å²) in [4.78, 5) is 0. The third kappa shape index (κ3) is 3.14. The fourth-order valence-corrected chi connectivity index (χ4v) is 2.09. The molecule has 0 aromatic heterocycles. The van der Waals surface area contributed by atoms with Crippen LogP contribution in [0.2, 0.25) is 6.82 Å². The first-order valence-electron chi connectivity index (χ1n) is 5.70. The average molecular weight is 236 g/mol. The number of ether oxygens (including phenoxy) is 1. The van der Waals surface area contributed by atoms with E-state index in [-0.39, 0.29) is 37.5 Å². The van der Waals surface area contributed by atoms with Crippen LogP contribution < -0.4 is 0 Å². The number of hydrogen-bond donors (Lipinski definition) is 2. The van der Waals surface area contributed by atoms with Crippen molar-refractivity contribution < 1.29 is 19.6 Å². The zero-order valence-electron chi connectivity index (χ0n) is 10.4. The lowest BCUT2D eigenvalue weighted by atomic mass is 9.87. The molecule has 4 nitrogen and oxygen atoms in total. The van der Waals surface area contributed by atoms with Crippen LogP contribution in [-0.2, 0) is 9.39 Å². The van der Waals surface area contributed by atoms with E-state index in [0.29, 0.717) is 0 Å². The Morgan fingerprint density at radius 1 is 1.60 bits per heavy atom. The molecule has 1 rings (SSSR count). The van der Waals surface area contributed by atoms with Crippen LogP contribution in [0.25, 0.3) is 0 Å². The molecule has 1 saturated heterocycles. The standard InChI is InChI=1S/C9H20BO4P/c1-5-7(4-11)13-6(2)8(12)9(5)14-10(3)15/h5-9,11-12H,4,15H2,1-3H3/i11T. The van der Waals surface area contributed by atoms with Gasteiger partial charge in [0.05, 0.1) is 24.9 Å². The molecule has 6 atom stereocenters. The van der Waals surface area contributed by atoms with Crippen molar-refractivity contribution in [1.29, 1.82) is 1.43 Å². The van der Waals surface area contributed by atoms with E-state index in [1.165, 1.54) is 0 Å². The molecular weight excluding hydrogens is 214 g/mol. The van der Waals surface area contributed by atoms with Gasteiger partial charge in [0.25, 0.3) is 0 Å². The largest absolute Gasteiger partial charge is 0.426 e. The van der Waals surface area contributed by atoms with E-state index in [9.17, 15) is 5.11 Å². The maximum atomic E-state index is 10.00. The molecule has 88 valence electrons. The smallest absolute Gasteiger partial charge is 0.312 e. The Morgan fingerprint density at radius 3 is 2.80 bits per heavy atom. The van der Waals surface area contributed by atoms with Gasteiger partial charge in [0.15, 0.2) is 0 Å². The highest BCUT2D eigenvalue weighted by molar-refractivity contribution is 7.60. The fourth-order valence-electron chi connectivity index (χ4n) is 1.91. The van der Waals surface area contributed by atoms with E-state index in [4.69, 9.17) is 10.8 Å². The van der Waals surface area contributed by atoms with Gasteiger partial charge in [0.1, 0.15) is 6.10 Å². The Hall–Kier alpha value is 0.335. The van der Waals surface area contributed by atoms with E-state index >= 15 is 0 Å². The first-order valence-corrected chi connectivity index (χ1v) is 5.96. The molecule has 0 aliphatic carbocycles. The van der Waals surface area contributed by atoms with Crippen LogP contribution in [0.4, 0.5) is 0 Å². The number of hydrogen-bond acceptors (Lipinski definition) is 4. The summed E-state index contributed by atoms with van der Waals surface area (Å²) in [6.45, 7) is 5.82. The van der Waals surface area contributed by atoms with Crippen LogP contribution in [0.15, 0.2) is 0 Å². The van der Waals surface area contributed by atoms with Gasteiger partial charge in [-0.05, 0) is 6.92 Å². The SMILES string of the molecule is [3H]OCC1OC(C)C(O)C(OB(C)P)C1C. The Bertz CT molecular complexity index is 222. The summed E-state index contributed by atoms with van der Waals surface area (Å²) in [7, 11) is 2.55. The molecular formula is C9H20BO4P. The molecule has 0 bridgehead atoms. The highest BCUT2D eigenvalue weighted by Gasteiger charge is 2.41. The van der Waals surface area contributed by atoms with Crippen molar-refractivity contribution in [3.05, 3.63) is 0 Å². The molecule has 0 amide bonds. The summed E-state index contributed by atoms with van der Waals surface area (Å²) in [5.41, 5.74) is 0. The van der Waals surface area contributed by atoms with Crippen molar-refractivity contribution in [3.8, 4) is 0 Å². The highest BCUT2D eigenvalue weighted by Crippen LogP contribution is 2.28. The van der Waals surface area contributed by atoms with E-state index in [2.05, 4.69) is 14.2 Å². The van der Waals surface area contributed by atoms with Gasteiger partial charge in [-0.3, -0.25) is 0 Å². The Kier molecular flexibility index (Phi) is 4.41. The third-order valence-electron chi connectivity index (χ3n) is 2.85. The lowest BCUT2D eigenvalue weighted by Crippen LogP contribution is -2.55. The topological polar surface area (TPSA) is 58.9 Å². The van der Waals surface area contributed by atoms with Crippen molar-refractivity contribution in [1.82, 2.24) is 0 Å². The summed E-state index contributed by atoms with van der Waals surface area (Å²) < 4.78 is 18.0. The molecule has 6 heteroatoms. The van der Waals surface area contributed by atoms with Crippen molar-refractivity contribution >= 4 is 15.8 Å². The third-order valence-corrected chi connectivity index (χ3v) is 3.00. The predicted octanol–water partition coefficient (Wildman–Crippen LogP) is 0.141. The molecule has 0 aromatic carbocycles. The molecule has 0 radical (unpaired) electrons. The lowest BCUT2D eigenvalue weighted by Gasteiger charge is -2.42. The van der Waals surface area contributed by atoms with Crippen LogP contribution in [0, 0.1) is 5.92 Å². The summed E-state index contributed by atoms with van der Waals surface area (Å²) in [5, 5.41) is 14.4. The van der Waals surface area contributed by atoms with Gasteiger partial charge in [-0.15, -0.1) is 9.12 Å². The molecule has 15 heavy (non-hydrogen) atoms. The molecule has 1 aliphatic heterocycles. The molecule has 6 unspecified atom stereocenters. The second kappa shape index (κ2) is 5.60. The molecule has 1 aliphatic rings. The van der Waals surface area contributed by atoms with Crippen LogP contribution >= 0.6 is 9.12 Å². The van der Waals surface area contributed by atoms with Crippen molar-refractivity contribution in [2.75, 3.05) is 6.61 Å². The monoisotopic (exact) mass is 236 g/mol. The number of aliphatic hydroxyl groups is 2. The minimum absolute atomic E-state index is 0.000417. The predicted molar refractivity (Wildman–Crippen MR) is 62.8 cm³/mol. The average Bonchev–Trinajstić information content (AvgIpc) is 2.21. The van der Waals surface area contributed by atoms with Gasteiger partial charge in [-0.25, -0.2) is 0 Å². The first kappa shape index (κ1) is 11.8. The second-order valence-corrected chi connectivity index (χ2v) is 5.14. The number of rotatable bonds is 4. The molecule has 1 fully saturated rings. The van der Waals surface area contributed by atoms with Crippen LogP contribution in [0.3, 0.4) is 0 Å². The highest BCUT2D eigenvalue weighted by atomic mass is 31.0. The molecule has 0 spiro atoms. The van der Waals surface area contributed by atoms with Gasteiger partial charge < -0.3 is 19.6 Å². The van der Waals surface area contributed by atoms with Crippen LogP contribution in [-0.4, -0.2) is 49.3 Å². The molecule has 0 aromatic rings. The van der Waals surface area contributed by atoms with Crippen LogP contribution in [0.1, 0.15) is 13.8 Å². The number of aliphatic hydroxyl groups excluding tert-OH is 2. The minimum Gasteiger partial charge on any atom is -0.426 e. The summed E-state index contributed by atoms with van der Waals surface area (Å²) >= 11 is 0. The first-order chi connectivity index (χ1) is 7.47. The molecule has 2 N–H and O–H groups in total. The lowest BCUT2D eigenvalue weighted by molar-refractivity contribution is -0.191. The zero-order valence-corrected chi connectivity index (χ0v) is 10.6. The molecule has 0 saturated carbocycles. The zero-order chi connectivity index (χ0) is 12.3. The fraction of sp³-hybridized carbons (Fsp3) is 1.00. The quantitative estimate of drug-likeness (QED) is 0.538. The van der Waals surface area contributed by atoms with Crippen molar-refractivity contribution in [2.24, 2.45) is 5.92 Å². The van der Waals surface area contributed by atoms with Gasteiger partial charge in [-0.2, -0.15) is 0 Å². The van der Waals surface area contributed by atoms with Gasteiger partial charge >= 0.3 is 6.64 Å². The van der Waals surface area contributed by atoms with E-state index in [1.807, 2.05) is 13.7 Å². The summed E-state index contributed by atoms with van der Waals surface area (Å²) in [6, 6.07) is 0. The van der Waals surface area contributed by atoms with E-state index in [1.54, 1.807) is 6.92 Å². The van der Waals surface area contributed by atoms with E-state index in [0.717, 1.165) is 0 Å². The van der Waals surface area contributed by atoms with Gasteiger partial charge in [0.2, 0.25) is 1.43 Å². The Labute approximate surface area is 95.1 Å². The van der Waals surface area contributed by atoms with Gasteiger partial charge in [0, 0.05) is 5.92 Å². The van der Waals surface area contributed by atoms with E-state index < -0.39 is 6.10 Å². The maximum absolute atomic E-state index is 10.00. The summed E-state index contributed by atoms with van der Waals surface area (Å²) in [5.74, 6) is -0.000417. The minimum atomic E-state index is -0.639.